The van der Waals surface area contributed by atoms with Gasteiger partial charge in [-0.1, -0.05) is 74.6 Å². The Bertz CT molecular complexity index is 739. The Kier molecular flexibility index (Phi) is 9.49. The van der Waals surface area contributed by atoms with Crippen LogP contribution in [-0.4, -0.2) is 29.2 Å². The Morgan fingerprint density at radius 3 is 2.27 bits per heavy atom. The molecule has 162 valence electrons. The van der Waals surface area contributed by atoms with Crippen molar-refractivity contribution in [1.29, 1.82) is 0 Å². The van der Waals surface area contributed by atoms with Crippen LogP contribution in [0.3, 0.4) is 0 Å². The molecule has 1 N–H and O–H groups in total. The molecular weight excluding hydrogens is 388 g/mol. The van der Waals surface area contributed by atoms with Crippen molar-refractivity contribution in [2.45, 2.75) is 70.9 Å². The van der Waals surface area contributed by atoms with Gasteiger partial charge < -0.3 is 15.0 Å². The normalized spacial score (nSPS) is 15.1. The molecule has 0 unspecified atom stereocenters. The predicted octanol–water partition coefficient (Wildman–Crippen LogP) is 6.12. The fraction of sp³-hybridized carbons (Fsp3) is 0.500. The largest absolute Gasteiger partial charge is 0.494 e. The van der Waals surface area contributed by atoms with Crippen LogP contribution in [0.5, 0.6) is 5.75 Å². The quantitative estimate of drug-likeness (QED) is 0.516. The van der Waals surface area contributed by atoms with E-state index in [9.17, 15) is 0 Å². The molecule has 30 heavy (non-hydrogen) atoms. The number of hydrogen-bond acceptors (Lipinski definition) is 2. The fourth-order valence-electron chi connectivity index (χ4n) is 4.11. The summed E-state index contributed by atoms with van der Waals surface area (Å²) in [6.45, 7) is 4.43. The molecule has 2 aromatic carbocycles. The molecule has 0 spiro atoms. The van der Waals surface area contributed by atoms with Gasteiger partial charge >= 0.3 is 0 Å². The van der Waals surface area contributed by atoms with Crippen LogP contribution in [0.15, 0.2) is 54.6 Å². The summed E-state index contributed by atoms with van der Waals surface area (Å²) in [4.78, 5) is 2.33. The summed E-state index contributed by atoms with van der Waals surface area (Å²) < 4.78 is 5.59. The van der Waals surface area contributed by atoms with E-state index in [4.69, 9.17) is 17.0 Å². The predicted molar refractivity (Wildman–Crippen MR) is 130 cm³/mol. The minimum atomic E-state index is 0.511. The Labute approximate surface area is 187 Å². The van der Waals surface area contributed by atoms with E-state index in [0.717, 1.165) is 30.4 Å². The molecule has 4 heteroatoms. The van der Waals surface area contributed by atoms with E-state index in [0.29, 0.717) is 12.6 Å². The first kappa shape index (κ1) is 22.6. The standard InChI is InChI=1S/C26H36N2OS/c1-2-29-25-17-15-23(16-18-25)21-28(20-19-22-11-7-6-8-12-22)26(30)27-24-13-9-4-3-5-10-14-24/h6-8,11-12,15-18,24H,2-5,9-10,13-14,19-21H2,1H3,(H,27,30). The molecule has 2 aromatic rings. The van der Waals surface area contributed by atoms with Crippen molar-refractivity contribution in [3.8, 4) is 5.75 Å². The number of thiocarbonyl (C=S) groups is 1. The Morgan fingerprint density at radius 2 is 1.60 bits per heavy atom. The smallest absolute Gasteiger partial charge is 0.169 e. The van der Waals surface area contributed by atoms with Gasteiger partial charge in [0.05, 0.1) is 6.61 Å². The highest BCUT2D eigenvalue weighted by atomic mass is 32.1. The van der Waals surface area contributed by atoms with Gasteiger partial charge in [0.25, 0.3) is 0 Å². The molecule has 0 aliphatic heterocycles. The highest BCUT2D eigenvalue weighted by Crippen LogP contribution is 2.18. The SMILES string of the molecule is CCOc1ccc(CN(CCc2ccccc2)C(=S)NC2CCCCCCC2)cc1. The topological polar surface area (TPSA) is 24.5 Å². The van der Waals surface area contributed by atoms with Crippen LogP contribution in [0, 0.1) is 0 Å². The number of benzene rings is 2. The third-order valence-corrected chi connectivity index (χ3v) is 6.22. The lowest BCUT2D eigenvalue weighted by Gasteiger charge is -2.30. The number of nitrogens with zero attached hydrogens (tertiary/aromatic N) is 1. The van der Waals surface area contributed by atoms with Gasteiger partial charge in [-0.3, -0.25) is 0 Å². The maximum absolute atomic E-state index is 5.91. The molecule has 0 atom stereocenters. The van der Waals surface area contributed by atoms with Crippen molar-refractivity contribution in [1.82, 2.24) is 10.2 Å². The highest BCUT2D eigenvalue weighted by molar-refractivity contribution is 7.80. The summed E-state index contributed by atoms with van der Waals surface area (Å²) in [5, 5.41) is 4.60. The molecule has 3 rings (SSSR count). The van der Waals surface area contributed by atoms with Crippen molar-refractivity contribution in [2.24, 2.45) is 0 Å². The second-order valence-electron chi connectivity index (χ2n) is 8.23. The molecular formula is C26H36N2OS. The number of rotatable bonds is 8. The van der Waals surface area contributed by atoms with Crippen LogP contribution in [0.1, 0.15) is 63.0 Å². The van der Waals surface area contributed by atoms with Gasteiger partial charge in [-0.05, 0) is 61.7 Å². The Morgan fingerprint density at radius 1 is 0.933 bits per heavy atom. The van der Waals surface area contributed by atoms with Gasteiger partial charge in [0.1, 0.15) is 5.75 Å². The van der Waals surface area contributed by atoms with E-state index in [-0.39, 0.29) is 0 Å². The molecule has 3 nitrogen and oxygen atoms in total. The van der Waals surface area contributed by atoms with Crippen molar-refractivity contribution in [3.05, 3.63) is 65.7 Å². The Hall–Kier alpha value is -2.07. The monoisotopic (exact) mass is 424 g/mol. The lowest BCUT2D eigenvalue weighted by atomic mass is 9.97. The fourth-order valence-corrected chi connectivity index (χ4v) is 4.43. The summed E-state index contributed by atoms with van der Waals surface area (Å²) in [5.74, 6) is 0.923. The summed E-state index contributed by atoms with van der Waals surface area (Å²) >= 11 is 5.91. The van der Waals surface area contributed by atoms with Crippen LogP contribution in [0.4, 0.5) is 0 Å². The van der Waals surface area contributed by atoms with Gasteiger partial charge in [0, 0.05) is 19.1 Å². The van der Waals surface area contributed by atoms with Crippen LogP contribution < -0.4 is 10.1 Å². The van der Waals surface area contributed by atoms with Crippen molar-refractivity contribution >= 4 is 17.3 Å². The molecule has 0 aromatic heterocycles. The molecule has 1 saturated carbocycles. The number of hydrogen-bond donors (Lipinski definition) is 1. The molecule has 0 amide bonds. The van der Waals surface area contributed by atoms with Crippen molar-refractivity contribution in [2.75, 3.05) is 13.2 Å². The Balaban J connectivity index is 1.64. The third-order valence-electron chi connectivity index (χ3n) is 5.84. The average molecular weight is 425 g/mol. The van der Waals surface area contributed by atoms with E-state index in [1.807, 2.05) is 6.92 Å². The minimum absolute atomic E-state index is 0.511. The molecule has 1 fully saturated rings. The van der Waals surface area contributed by atoms with Crippen molar-refractivity contribution < 1.29 is 4.74 Å². The molecule has 0 saturated heterocycles. The third kappa shape index (κ3) is 7.64. The van der Waals surface area contributed by atoms with Crippen LogP contribution in [-0.2, 0) is 13.0 Å². The van der Waals surface area contributed by atoms with Gasteiger partial charge in [0.15, 0.2) is 5.11 Å². The lowest BCUT2D eigenvalue weighted by Crippen LogP contribution is -2.45. The zero-order valence-corrected chi connectivity index (χ0v) is 19.1. The molecule has 1 aliphatic carbocycles. The number of nitrogens with one attached hydrogen (secondary N) is 1. The van der Waals surface area contributed by atoms with Crippen LogP contribution in [0.25, 0.3) is 0 Å². The lowest BCUT2D eigenvalue weighted by molar-refractivity contribution is 0.339. The van der Waals surface area contributed by atoms with Crippen LogP contribution >= 0.6 is 12.2 Å². The maximum atomic E-state index is 5.91. The average Bonchev–Trinajstić information content (AvgIpc) is 2.75. The van der Waals surface area contributed by atoms with E-state index in [2.05, 4.69) is 64.8 Å². The van der Waals surface area contributed by atoms with E-state index < -0.39 is 0 Å². The second kappa shape index (κ2) is 12.6. The van der Waals surface area contributed by atoms with Crippen LogP contribution in [0.2, 0.25) is 0 Å². The summed E-state index contributed by atoms with van der Waals surface area (Å²) in [5.41, 5.74) is 2.61. The second-order valence-corrected chi connectivity index (χ2v) is 8.61. The number of ether oxygens (including phenoxy) is 1. The zero-order valence-electron chi connectivity index (χ0n) is 18.3. The van der Waals surface area contributed by atoms with Gasteiger partial charge in [0.2, 0.25) is 0 Å². The summed E-state index contributed by atoms with van der Waals surface area (Å²) in [6, 6.07) is 19.6. The first-order valence-electron chi connectivity index (χ1n) is 11.6. The molecule has 0 heterocycles. The van der Waals surface area contributed by atoms with E-state index in [1.54, 1.807) is 0 Å². The molecule has 0 bridgehead atoms. The minimum Gasteiger partial charge on any atom is -0.494 e. The highest BCUT2D eigenvalue weighted by Gasteiger charge is 2.17. The maximum Gasteiger partial charge on any atom is 0.169 e. The first-order chi connectivity index (χ1) is 14.7. The molecule has 1 aliphatic rings. The van der Waals surface area contributed by atoms with E-state index in [1.165, 1.54) is 56.1 Å². The van der Waals surface area contributed by atoms with Gasteiger partial charge in [-0.15, -0.1) is 0 Å². The van der Waals surface area contributed by atoms with Gasteiger partial charge in [-0.2, -0.15) is 0 Å². The van der Waals surface area contributed by atoms with Crippen molar-refractivity contribution in [3.63, 3.8) is 0 Å². The summed E-state index contributed by atoms with van der Waals surface area (Å²) in [7, 11) is 0. The molecule has 0 radical (unpaired) electrons. The van der Waals surface area contributed by atoms with E-state index >= 15 is 0 Å². The first-order valence-corrected chi connectivity index (χ1v) is 12.0. The van der Waals surface area contributed by atoms with Gasteiger partial charge in [-0.25, -0.2) is 0 Å². The zero-order chi connectivity index (χ0) is 21.0. The summed E-state index contributed by atoms with van der Waals surface area (Å²) in [6.07, 6.45) is 10.2.